The molecule has 7 heteroatoms. The molecule has 0 heterocycles. The van der Waals surface area contributed by atoms with Crippen LogP contribution < -0.4 is 10.5 Å². The summed E-state index contributed by atoms with van der Waals surface area (Å²) < 4.78 is 4.74. The number of hydrogen-bond acceptors (Lipinski definition) is 5. The van der Waals surface area contributed by atoms with Crippen LogP contribution in [-0.4, -0.2) is 23.1 Å². The van der Waals surface area contributed by atoms with E-state index in [-0.39, 0.29) is 22.7 Å². The van der Waals surface area contributed by atoms with Crippen LogP contribution >= 0.6 is 0 Å². The molecule has 0 amide bonds. The molecule has 0 aromatic heterocycles. The number of aromatic carboxylic acids is 1. The smallest absolute Gasteiger partial charge is 0.339 e. The Morgan fingerprint density at radius 3 is 2.60 bits per heavy atom. The predicted octanol–water partition coefficient (Wildman–Crippen LogP) is 0.884. The van der Waals surface area contributed by atoms with E-state index < -0.39 is 10.9 Å². The van der Waals surface area contributed by atoms with E-state index in [9.17, 15) is 14.9 Å². The van der Waals surface area contributed by atoms with Crippen molar-refractivity contribution in [1.29, 1.82) is 0 Å². The number of nitro benzene ring substituents is 1. The molecular formula is C8H8N2O5. The number of methoxy groups -OCH3 is 1. The highest BCUT2D eigenvalue weighted by atomic mass is 16.6. The van der Waals surface area contributed by atoms with E-state index in [1.807, 2.05) is 0 Å². The van der Waals surface area contributed by atoms with Crippen LogP contribution in [0.3, 0.4) is 0 Å². The number of carbonyl (C=O) groups is 1. The van der Waals surface area contributed by atoms with Gasteiger partial charge in [0.25, 0.3) is 5.69 Å². The number of carboxylic acid groups (broad SMARTS) is 1. The van der Waals surface area contributed by atoms with Crippen molar-refractivity contribution in [3.8, 4) is 5.75 Å². The summed E-state index contributed by atoms with van der Waals surface area (Å²) in [7, 11) is 1.24. The monoisotopic (exact) mass is 212 g/mol. The van der Waals surface area contributed by atoms with E-state index in [2.05, 4.69) is 0 Å². The van der Waals surface area contributed by atoms with Gasteiger partial charge in [-0.2, -0.15) is 0 Å². The van der Waals surface area contributed by atoms with Crippen molar-refractivity contribution in [3.63, 3.8) is 0 Å². The average molecular weight is 212 g/mol. The Morgan fingerprint density at radius 1 is 1.60 bits per heavy atom. The van der Waals surface area contributed by atoms with E-state index in [1.54, 1.807) is 0 Å². The molecule has 0 fully saturated rings. The summed E-state index contributed by atoms with van der Waals surface area (Å²) in [5, 5.41) is 19.2. The van der Waals surface area contributed by atoms with Crippen molar-refractivity contribution < 1.29 is 19.6 Å². The van der Waals surface area contributed by atoms with Gasteiger partial charge in [0.15, 0.2) is 5.75 Å². The van der Waals surface area contributed by atoms with Gasteiger partial charge in [0.05, 0.1) is 17.7 Å². The highest BCUT2D eigenvalue weighted by Gasteiger charge is 2.19. The van der Waals surface area contributed by atoms with Gasteiger partial charge in [0.1, 0.15) is 5.56 Å². The summed E-state index contributed by atoms with van der Waals surface area (Å²) in [5.74, 6) is -1.41. The lowest BCUT2D eigenvalue weighted by atomic mass is 10.1. The van der Waals surface area contributed by atoms with Gasteiger partial charge in [0, 0.05) is 12.1 Å². The van der Waals surface area contributed by atoms with Crippen LogP contribution in [0.1, 0.15) is 10.4 Å². The maximum atomic E-state index is 10.7. The van der Waals surface area contributed by atoms with Crippen LogP contribution in [-0.2, 0) is 0 Å². The van der Waals surface area contributed by atoms with E-state index in [0.717, 1.165) is 12.1 Å². The molecule has 0 atom stereocenters. The lowest BCUT2D eigenvalue weighted by Gasteiger charge is -2.07. The second kappa shape index (κ2) is 3.82. The first-order chi connectivity index (χ1) is 6.97. The molecule has 3 N–H and O–H groups in total. The van der Waals surface area contributed by atoms with Crippen LogP contribution in [0.2, 0.25) is 0 Å². The first kappa shape index (κ1) is 10.8. The van der Waals surface area contributed by atoms with Crippen LogP contribution in [0, 0.1) is 10.1 Å². The third-order valence-corrected chi connectivity index (χ3v) is 1.75. The molecule has 0 spiro atoms. The molecule has 1 rings (SSSR count). The number of hydrogen-bond donors (Lipinski definition) is 2. The van der Waals surface area contributed by atoms with E-state index in [1.165, 1.54) is 7.11 Å². The minimum Gasteiger partial charge on any atom is -0.494 e. The molecule has 0 aliphatic carbocycles. The van der Waals surface area contributed by atoms with Gasteiger partial charge in [-0.05, 0) is 0 Å². The molecule has 1 aromatic carbocycles. The molecule has 0 saturated carbocycles. The van der Waals surface area contributed by atoms with Gasteiger partial charge < -0.3 is 15.6 Å². The number of nitrogens with two attached hydrogens (primary N) is 1. The second-order valence-electron chi connectivity index (χ2n) is 2.68. The third kappa shape index (κ3) is 1.96. The summed E-state index contributed by atoms with van der Waals surface area (Å²) in [6.45, 7) is 0. The van der Waals surface area contributed by atoms with Crippen molar-refractivity contribution in [2.45, 2.75) is 0 Å². The number of ether oxygens (including phenoxy) is 1. The van der Waals surface area contributed by atoms with Gasteiger partial charge >= 0.3 is 5.97 Å². The fourth-order valence-electron chi connectivity index (χ4n) is 1.13. The number of anilines is 1. The number of nitrogens with zero attached hydrogens (tertiary/aromatic N) is 1. The van der Waals surface area contributed by atoms with Crippen molar-refractivity contribution in [2.75, 3.05) is 12.8 Å². The largest absolute Gasteiger partial charge is 0.494 e. The maximum Gasteiger partial charge on any atom is 0.339 e. The van der Waals surface area contributed by atoms with Crippen molar-refractivity contribution in [2.24, 2.45) is 0 Å². The number of benzene rings is 1. The van der Waals surface area contributed by atoms with Gasteiger partial charge in [-0.1, -0.05) is 0 Å². The summed E-state index contributed by atoms with van der Waals surface area (Å²) in [5.41, 5.74) is 4.62. The first-order valence-corrected chi connectivity index (χ1v) is 3.82. The van der Waals surface area contributed by atoms with E-state index in [4.69, 9.17) is 15.6 Å². The number of carboxylic acids is 1. The maximum absolute atomic E-state index is 10.7. The third-order valence-electron chi connectivity index (χ3n) is 1.75. The summed E-state index contributed by atoms with van der Waals surface area (Å²) in [6, 6.07) is 1.95. The fraction of sp³-hybridized carbons (Fsp3) is 0.125. The molecule has 7 nitrogen and oxygen atoms in total. The number of non-ortho nitro benzene ring substituents is 1. The van der Waals surface area contributed by atoms with Crippen molar-refractivity contribution in [3.05, 3.63) is 27.8 Å². The SMILES string of the molecule is COc1c(N)cc([N+](=O)[O-])cc1C(=O)O. The Hall–Kier alpha value is -2.31. The Morgan fingerprint density at radius 2 is 2.20 bits per heavy atom. The quantitative estimate of drug-likeness (QED) is 0.436. The molecule has 15 heavy (non-hydrogen) atoms. The topological polar surface area (TPSA) is 116 Å². The van der Waals surface area contributed by atoms with Crippen molar-refractivity contribution in [1.82, 2.24) is 0 Å². The molecule has 0 unspecified atom stereocenters. The molecule has 1 aromatic rings. The number of nitro groups is 1. The van der Waals surface area contributed by atoms with E-state index in [0.29, 0.717) is 0 Å². The Balaban J connectivity index is 3.45. The summed E-state index contributed by atoms with van der Waals surface area (Å²) in [6.07, 6.45) is 0. The van der Waals surface area contributed by atoms with Gasteiger partial charge in [-0.3, -0.25) is 10.1 Å². The molecule has 0 aliphatic rings. The highest BCUT2D eigenvalue weighted by Crippen LogP contribution is 2.31. The Labute approximate surface area is 84.2 Å². The number of nitrogen functional groups attached to an aromatic ring is 1. The molecular weight excluding hydrogens is 204 g/mol. The standard InChI is InChI=1S/C8H8N2O5/c1-15-7-5(8(11)12)2-4(10(13)14)3-6(7)9/h2-3H,9H2,1H3,(H,11,12). The summed E-state index contributed by atoms with van der Waals surface area (Å²) >= 11 is 0. The average Bonchev–Trinajstić information content (AvgIpc) is 2.16. The Bertz CT molecular complexity index is 429. The zero-order valence-electron chi connectivity index (χ0n) is 7.76. The van der Waals surface area contributed by atoms with Crippen LogP contribution in [0.5, 0.6) is 5.75 Å². The van der Waals surface area contributed by atoms with Crippen LogP contribution in [0.25, 0.3) is 0 Å². The van der Waals surface area contributed by atoms with Crippen LogP contribution in [0.4, 0.5) is 11.4 Å². The van der Waals surface area contributed by atoms with E-state index >= 15 is 0 Å². The molecule has 0 bridgehead atoms. The number of rotatable bonds is 3. The van der Waals surface area contributed by atoms with Crippen molar-refractivity contribution >= 4 is 17.3 Å². The zero-order chi connectivity index (χ0) is 11.6. The minimum atomic E-state index is -1.33. The van der Waals surface area contributed by atoms with Crippen LogP contribution in [0.15, 0.2) is 12.1 Å². The van der Waals surface area contributed by atoms with Gasteiger partial charge in [-0.15, -0.1) is 0 Å². The summed E-state index contributed by atoms with van der Waals surface area (Å²) in [4.78, 5) is 20.5. The van der Waals surface area contributed by atoms with Gasteiger partial charge in [-0.25, -0.2) is 4.79 Å². The molecule has 0 saturated heterocycles. The highest BCUT2D eigenvalue weighted by molar-refractivity contribution is 5.94. The normalized spacial score (nSPS) is 9.67. The predicted molar refractivity (Wildman–Crippen MR) is 51.0 cm³/mol. The zero-order valence-corrected chi connectivity index (χ0v) is 7.76. The molecule has 0 aliphatic heterocycles. The molecule has 80 valence electrons. The second-order valence-corrected chi connectivity index (χ2v) is 2.68. The lowest BCUT2D eigenvalue weighted by Crippen LogP contribution is -2.05. The minimum absolute atomic E-state index is 0.0758. The fourth-order valence-corrected chi connectivity index (χ4v) is 1.13. The first-order valence-electron chi connectivity index (χ1n) is 3.82. The Kier molecular flexibility index (Phi) is 2.75. The lowest BCUT2D eigenvalue weighted by molar-refractivity contribution is -0.384. The molecule has 0 radical (unpaired) electrons. The van der Waals surface area contributed by atoms with Gasteiger partial charge in [0.2, 0.25) is 0 Å².